The van der Waals surface area contributed by atoms with Gasteiger partial charge in [-0.1, -0.05) is 12.7 Å². The van der Waals surface area contributed by atoms with Crippen molar-refractivity contribution in [2.75, 3.05) is 13.7 Å². The fourth-order valence-electron chi connectivity index (χ4n) is 2.03. The second kappa shape index (κ2) is 6.21. The smallest absolute Gasteiger partial charge is 0.461 e. The molecule has 5 nitrogen and oxygen atoms in total. The molecule has 0 bridgehead atoms. The van der Waals surface area contributed by atoms with Crippen LogP contribution in [0.25, 0.3) is 0 Å². The average Bonchev–Trinajstić information content (AvgIpc) is 2.87. The summed E-state index contributed by atoms with van der Waals surface area (Å²) in [5, 5.41) is 18.9. The molecule has 0 saturated heterocycles. The third-order valence-corrected chi connectivity index (χ3v) is 2.99. The van der Waals surface area contributed by atoms with Gasteiger partial charge in [0.05, 0.1) is 6.61 Å². The van der Waals surface area contributed by atoms with E-state index in [-0.39, 0.29) is 12.7 Å². The highest BCUT2D eigenvalue weighted by molar-refractivity contribution is 6.54. The van der Waals surface area contributed by atoms with Crippen LogP contribution in [-0.4, -0.2) is 31.0 Å². The number of ether oxygens (including phenoxy) is 1. The predicted molar refractivity (Wildman–Crippen MR) is 70.1 cm³/mol. The van der Waals surface area contributed by atoms with Gasteiger partial charge in [0.15, 0.2) is 0 Å². The number of methoxy groups -OCH3 is 1. The first kappa shape index (κ1) is 14.1. The Balaban J connectivity index is 2.08. The minimum atomic E-state index is -1.04. The van der Waals surface area contributed by atoms with E-state index >= 15 is 0 Å². The van der Waals surface area contributed by atoms with Gasteiger partial charge < -0.3 is 23.9 Å². The zero-order valence-electron chi connectivity index (χ0n) is 10.8. The summed E-state index contributed by atoms with van der Waals surface area (Å²) in [5.41, 5.74) is 1.34. The molecule has 0 saturated carbocycles. The summed E-state index contributed by atoms with van der Waals surface area (Å²) < 4.78 is 15.9. The van der Waals surface area contributed by atoms with E-state index < -0.39 is 7.12 Å². The normalized spacial score (nSPS) is 19.4. The molecule has 0 spiro atoms. The van der Waals surface area contributed by atoms with Gasteiger partial charge in [0.1, 0.15) is 24.2 Å². The minimum Gasteiger partial charge on any atom is -0.461 e. The van der Waals surface area contributed by atoms with Crippen molar-refractivity contribution < 1.29 is 23.9 Å². The molecule has 19 heavy (non-hydrogen) atoms. The third-order valence-electron chi connectivity index (χ3n) is 2.99. The van der Waals surface area contributed by atoms with Crippen LogP contribution in [0.4, 0.5) is 0 Å². The number of rotatable bonds is 5. The monoisotopic (exact) mass is 264 g/mol. The van der Waals surface area contributed by atoms with Gasteiger partial charge in [0, 0.05) is 7.11 Å². The molecule has 0 amide bonds. The maximum Gasteiger partial charge on any atom is 0.491 e. The lowest BCUT2D eigenvalue weighted by atomic mass is 9.71. The molecule has 102 valence electrons. The van der Waals surface area contributed by atoms with Crippen molar-refractivity contribution in [2.24, 2.45) is 0 Å². The Kier molecular flexibility index (Phi) is 4.60. The highest BCUT2D eigenvalue weighted by atomic mass is 16.5. The number of hydrogen-bond donors (Lipinski definition) is 2. The molecule has 1 aromatic rings. The van der Waals surface area contributed by atoms with Crippen molar-refractivity contribution in [3.63, 3.8) is 0 Å². The fraction of sp³-hybridized carbons (Fsp3) is 0.385. The van der Waals surface area contributed by atoms with Gasteiger partial charge in [-0.15, -0.1) is 0 Å². The van der Waals surface area contributed by atoms with E-state index in [0.29, 0.717) is 35.6 Å². The summed E-state index contributed by atoms with van der Waals surface area (Å²) in [6.45, 7) is 4.05. The first-order chi connectivity index (χ1) is 9.15. The van der Waals surface area contributed by atoms with E-state index in [0.717, 1.165) is 0 Å². The summed E-state index contributed by atoms with van der Waals surface area (Å²) in [7, 11) is 0.535. The Morgan fingerprint density at radius 2 is 2.37 bits per heavy atom. The molecule has 1 aliphatic heterocycles. The van der Waals surface area contributed by atoms with E-state index in [1.165, 1.54) is 0 Å². The van der Waals surface area contributed by atoms with Crippen molar-refractivity contribution in [1.82, 2.24) is 0 Å². The van der Waals surface area contributed by atoms with Crippen molar-refractivity contribution in [2.45, 2.75) is 19.1 Å². The maximum atomic E-state index is 9.96. The second-order valence-corrected chi connectivity index (χ2v) is 4.37. The standard InChI is InChI=1S/C13H17BO5/c1-9(8-17-2)11-4-6-13(19-14(11)16)12-5-3-10(7-15)18-12/h3-5,13,15-16H,1,6-8H2,2H3. The van der Waals surface area contributed by atoms with Crippen LogP contribution >= 0.6 is 0 Å². The van der Waals surface area contributed by atoms with E-state index in [9.17, 15) is 5.02 Å². The van der Waals surface area contributed by atoms with Gasteiger partial charge in [-0.2, -0.15) is 0 Å². The molecule has 2 rings (SSSR count). The SMILES string of the molecule is C=C(COC)C1=CCC(c2ccc(CO)o2)OB1O. The summed E-state index contributed by atoms with van der Waals surface area (Å²) in [5.74, 6) is 1.07. The molecule has 0 aliphatic carbocycles. The Morgan fingerprint density at radius 1 is 1.58 bits per heavy atom. The first-order valence-electron chi connectivity index (χ1n) is 6.05. The lowest BCUT2D eigenvalue weighted by Gasteiger charge is -2.24. The largest absolute Gasteiger partial charge is 0.491 e. The van der Waals surface area contributed by atoms with Crippen molar-refractivity contribution in [1.29, 1.82) is 0 Å². The molecule has 1 aliphatic rings. The Hall–Kier alpha value is -1.34. The second-order valence-electron chi connectivity index (χ2n) is 4.37. The van der Waals surface area contributed by atoms with Gasteiger partial charge in [-0.25, -0.2) is 0 Å². The van der Waals surface area contributed by atoms with Gasteiger partial charge >= 0.3 is 7.12 Å². The zero-order chi connectivity index (χ0) is 13.8. The van der Waals surface area contributed by atoms with Crippen molar-refractivity contribution in [3.05, 3.63) is 47.4 Å². The number of aliphatic hydroxyl groups excluding tert-OH is 1. The Labute approximate surface area is 112 Å². The molecule has 2 N–H and O–H groups in total. The summed E-state index contributed by atoms with van der Waals surface area (Å²) in [6, 6.07) is 3.43. The minimum absolute atomic E-state index is 0.152. The highest BCUT2D eigenvalue weighted by Gasteiger charge is 2.31. The van der Waals surface area contributed by atoms with Crippen molar-refractivity contribution >= 4 is 7.12 Å². The molecule has 0 fully saturated rings. The molecule has 6 heteroatoms. The van der Waals surface area contributed by atoms with Crippen LogP contribution in [0.15, 0.2) is 40.3 Å². The van der Waals surface area contributed by atoms with Gasteiger partial charge in [0.25, 0.3) is 0 Å². The lowest BCUT2D eigenvalue weighted by Crippen LogP contribution is -2.29. The van der Waals surface area contributed by atoms with Crippen LogP contribution < -0.4 is 0 Å². The van der Waals surface area contributed by atoms with E-state index in [1.54, 1.807) is 19.2 Å². The zero-order valence-corrected chi connectivity index (χ0v) is 10.8. The van der Waals surface area contributed by atoms with E-state index in [4.69, 9.17) is 18.9 Å². The molecule has 1 atom stereocenters. The van der Waals surface area contributed by atoms with Gasteiger partial charge in [0.2, 0.25) is 0 Å². The maximum absolute atomic E-state index is 9.96. The Bertz CT molecular complexity index is 479. The fourth-order valence-corrected chi connectivity index (χ4v) is 2.03. The number of furan rings is 1. The van der Waals surface area contributed by atoms with E-state index in [2.05, 4.69) is 6.58 Å². The van der Waals surface area contributed by atoms with Crippen LogP contribution in [0.5, 0.6) is 0 Å². The quantitative estimate of drug-likeness (QED) is 0.786. The molecular weight excluding hydrogens is 247 g/mol. The molecule has 1 unspecified atom stereocenters. The average molecular weight is 264 g/mol. The molecule has 0 aromatic carbocycles. The third kappa shape index (κ3) is 3.16. The molecule has 2 heterocycles. The predicted octanol–water partition coefficient (Wildman–Crippen LogP) is 1.38. The van der Waals surface area contributed by atoms with Crippen LogP contribution in [0, 0.1) is 0 Å². The van der Waals surface area contributed by atoms with Gasteiger partial charge in [-0.05, 0) is 29.6 Å². The summed E-state index contributed by atoms with van der Waals surface area (Å²) >= 11 is 0. The molecule has 1 aromatic heterocycles. The topological polar surface area (TPSA) is 72.1 Å². The van der Waals surface area contributed by atoms with Crippen LogP contribution in [0.1, 0.15) is 24.0 Å². The van der Waals surface area contributed by atoms with Gasteiger partial charge in [-0.3, -0.25) is 0 Å². The van der Waals surface area contributed by atoms with Crippen LogP contribution in [0.3, 0.4) is 0 Å². The van der Waals surface area contributed by atoms with Crippen LogP contribution in [-0.2, 0) is 16.0 Å². The number of aliphatic hydroxyl groups is 1. The molecular formula is C13H17BO5. The highest BCUT2D eigenvalue weighted by Crippen LogP contribution is 2.31. The Morgan fingerprint density at radius 3 is 2.95 bits per heavy atom. The first-order valence-corrected chi connectivity index (χ1v) is 6.05. The lowest BCUT2D eigenvalue weighted by molar-refractivity contribution is 0.137. The van der Waals surface area contributed by atoms with Crippen LogP contribution in [0.2, 0.25) is 0 Å². The summed E-state index contributed by atoms with van der Waals surface area (Å²) in [6.07, 6.45) is 2.10. The summed E-state index contributed by atoms with van der Waals surface area (Å²) in [4.78, 5) is 0. The number of hydrogen-bond acceptors (Lipinski definition) is 5. The van der Waals surface area contributed by atoms with Crippen molar-refractivity contribution in [3.8, 4) is 0 Å². The molecule has 0 radical (unpaired) electrons. The van der Waals surface area contributed by atoms with E-state index in [1.807, 2.05) is 6.08 Å².